The highest BCUT2D eigenvalue weighted by Crippen LogP contribution is 2.26. The molecule has 0 aliphatic rings. The SMILES string of the molecule is COc1ccc(/C=C(/C)C(C)Cl)cc1Cl. The fourth-order valence-electron chi connectivity index (χ4n) is 1.15. The van der Waals surface area contributed by atoms with Gasteiger partial charge in [-0.3, -0.25) is 0 Å². The highest BCUT2D eigenvalue weighted by molar-refractivity contribution is 6.32. The van der Waals surface area contributed by atoms with Crippen molar-refractivity contribution < 1.29 is 4.74 Å². The maximum absolute atomic E-state index is 6.01. The van der Waals surface area contributed by atoms with Crippen LogP contribution < -0.4 is 4.74 Å². The van der Waals surface area contributed by atoms with Gasteiger partial charge in [0.1, 0.15) is 5.75 Å². The average Bonchev–Trinajstić information content (AvgIpc) is 2.18. The number of hydrogen-bond acceptors (Lipinski definition) is 1. The van der Waals surface area contributed by atoms with Crippen molar-refractivity contribution in [2.24, 2.45) is 0 Å². The number of allylic oxidation sites excluding steroid dienone is 1. The largest absolute Gasteiger partial charge is 0.495 e. The lowest BCUT2D eigenvalue weighted by molar-refractivity contribution is 0.415. The molecule has 0 amide bonds. The van der Waals surface area contributed by atoms with Gasteiger partial charge in [0.15, 0.2) is 0 Å². The second kappa shape index (κ2) is 5.43. The van der Waals surface area contributed by atoms with Crippen LogP contribution in [0.25, 0.3) is 6.08 Å². The third-order valence-electron chi connectivity index (χ3n) is 2.20. The molecule has 82 valence electrons. The van der Waals surface area contributed by atoms with Gasteiger partial charge < -0.3 is 4.74 Å². The summed E-state index contributed by atoms with van der Waals surface area (Å²) in [6, 6.07) is 5.66. The maximum atomic E-state index is 6.01. The van der Waals surface area contributed by atoms with Crippen molar-refractivity contribution in [3.63, 3.8) is 0 Å². The van der Waals surface area contributed by atoms with Gasteiger partial charge in [-0.15, -0.1) is 11.6 Å². The van der Waals surface area contributed by atoms with E-state index < -0.39 is 0 Å². The number of ether oxygens (including phenoxy) is 1. The Balaban J connectivity index is 2.98. The first-order chi connectivity index (χ1) is 7.04. The molecule has 0 aromatic heterocycles. The predicted octanol–water partition coefficient (Wildman–Crippen LogP) is 4.38. The monoisotopic (exact) mass is 244 g/mol. The Kier molecular flexibility index (Phi) is 4.49. The normalized spacial score (nSPS) is 13.8. The fraction of sp³-hybridized carbons (Fsp3) is 0.333. The van der Waals surface area contributed by atoms with Crippen LogP contribution in [0.2, 0.25) is 5.02 Å². The average molecular weight is 245 g/mol. The molecule has 0 aliphatic carbocycles. The smallest absolute Gasteiger partial charge is 0.137 e. The van der Waals surface area contributed by atoms with Gasteiger partial charge in [-0.1, -0.05) is 29.3 Å². The molecule has 0 N–H and O–H groups in total. The van der Waals surface area contributed by atoms with Crippen LogP contribution >= 0.6 is 23.2 Å². The summed E-state index contributed by atoms with van der Waals surface area (Å²) in [7, 11) is 1.60. The lowest BCUT2D eigenvalue weighted by atomic mass is 10.1. The minimum Gasteiger partial charge on any atom is -0.495 e. The molecule has 0 saturated heterocycles. The van der Waals surface area contributed by atoms with Crippen molar-refractivity contribution >= 4 is 29.3 Å². The summed E-state index contributed by atoms with van der Waals surface area (Å²) in [5, 5.41) is 0.646. The molecule has 1 aromatic carbocycles. The van der Waals surface area contributed by atoms with Crippen molar-refractivity contribution in [1.29, 1.82) is 0 Å². The second-order valence-electron chi connectivity index (χ2n) is 3.40. The second-order valence-corrected chi connectivity index (χ2v) is 4.46. The quantitative estimate of drug-likeness (QED) is 0.718. The predicted molar refractivity (Wildman–Crippen MR) is 67.0 cm³/mol. The van der Waals surface area contributed by atoms with Crippen LogP contribution in [0, 0.1) is 0 Å². The first-order valence-electron chi connectivity index (χ1n) is 4.70. The molecule has 0 saturated carbocycles. The minimum atomic E-state index is 0.0332. The summed E-state index contributed by atoms with van der Waals surface area (Å²) in [6.07, 6.45) is 2.02. The summed E-state index contributed by atoms with van der Waals surface area (Å²) in [5.74, 6) is 0.686. The third kappa shape index (κ3) is 3.44. The molecule has 15 heavy (non-hydrogen) atoms. The molecule has 1 unspecified atom stereocenters. The molecule has 1 aromatic rings. The molecule has 0 heterocycles. The molecule has 0 radical (unpaired) electrons. The van der Waals surface area contributed by atoms with Gasteiger partial charge in [-0.05, 0) is 31.5 Å². The van der Waals surface area contributed by atoms with Crippen LogP contribution in [0.15, 0.2) is 23.8 Å². The van der Waals surface area contributed by atoms with E-state index in [1.54, 1.807) is 7.11 Å². The highest BCUT2D eigenvalue weighted by Gasteiger charge is 2.02. The van der Waals surface area contributed by atoms with E-state index in [-0.39, 0.29) is 5.38 Å². The first-order valence-corrected chi connectivity index (χ1v) is 5.52. The molecule has 0 bridgehead atoms. The van der Waals surface area contributed by atoms with Gasteiger partial charge in [0.05, 0.1) is 17.5 Å². The van der Waals surface area contributed by atoms with E-state index in [0.29, 0.717) is 10.8 Å². The summed E-state index contributed by atoms with van der Waals surface area (Å²) in [5.41, 5.74) is 2.14. The number of halogens is 2. The molecule has 3 heteroatoms. The zero-order valence-electron chi connectivity index (χ0n) is 9.05. The Morgan fingerprint density at radius 3 is 2.60 bits per heavy atom. The standard InChI is InChI=1S/C12H14Cl2O/c1-8(9(2)13)6-10-4-5-12(15-3)11(14)7-10/h4-7,9H,1-3H3/b8-6-. The zero-order chi connectivity index (χ0) is 11.4. The van der Waals surface area contributed by atoms with Gasteiger partial charge in [-0.2, -0.15) is 0 Å². The van der Waals surface area contributed by atoms with Crippen molar-refractivity contribution in [1.82, 2.24) is 0 Å². The van der Waals surface area contributed by atoms with Gasteiger partial charge >= 0.3 is 0 Å². The van der Waals surface area contributed by atoms with E-state index in [4.69, 9.17) is 27.9 Å². The van der Waals surface area contributed by atoms with Crippen molar-refractivity contribution in [3.05, 3.63) is 34.4 Å². The van der Waals surface area contributed by atoms with Crippen molar-refractivity contribution in [3.8, 4) is 5.75 Å². The van der Waals surface area contributed by atoms with Gasteiger partial charge in [-0.25, -0.2) is 0 Å². The van der Waals surface area contributed by atoms with E-state index in [1.807, 2.05) is 38.1 Å². The number of alkyl halides is 1. The van der Waals surface area contributed by atoms with Gasteiger partial charge in [0, 0.05) is 0 Å². The van der Waals surface area contributed by atoms with E-state index >= 15 is 0 Å². The topological polar surface area (TPSA) is 9.23 Å². The minimum absolute atomic E-state index is 0.0332. The summed E-state index contributed by atoms with van der Waals surface area (Å²) in [6.45, 7) is 3.94. The van der Waals surface area contributed by atoms with E-state index in [2.05, 4.69) is 0 Å². The Labute approximate surface area is 101 Å². The van der Waals surface area contributed by atoms with Crippen LogP contribution in [0.4, 0.5) is 0 Å². The Hall–Kier alpha value is -0.660. The first kappa shape index (κ1) is 12.4. The molecule has 0 fully saturated rings. The fourth-order valence-corrected chi connectivity index (χ4v) is 1.48. The zero-order valence-corrected chi connectivity index (χ0v) is 10.6. The van der Waals surface area contributed by atoms with Crippen LogP contribution in [-0.4, -0.2) is 12.5 Å². The summed E-state index contributed by atoms with van der Waals surface area (Å²) in [4.78, 5) is 0. The number of methoxy groups -OCH3 is 1. The number of benzene rings is 1. The molecule has 1 atom stereocenters. The van der Waals surface area contributed by atoms with Gasteiger partial charge in [0.2, 0.25) is 0 Å². The van der Waals surface area contributed by atoms with E-state index in [9.17, 15) is 0 Å². The van der Waals surface area contributed by atoms with Crippen LogP contribution in [-0.2, 0) is 0 Å². The van der Waals surface area contributed by atoms with Crippen molar-refractivity contribution in [2.45, 2.75) is 19.2 Å². The summed E-state index contributed by atoms with van der Waals surface area (Å²) < 4.78 is 5.07. The third-order valence-corrected chi connectivity index (χ3v) is 2.84. The summed E-state index contributed by atoms with van der Waals surface area (Å²) >= 11 is 12.0. The van der Waals surface area contributed by atoms with Gasteiger partial charge in [0.25, 0.3) is 0 Å². The number of rotatable bonds is 3. The van der Waals surface area contributed by atoms with Crippen LogP contribution in [0.1, 0.15) is 19.4 Å². The Bertz CT molecular complexity index is 370. The van der Waals surface area contributed by atoms with Crippen LogP contribution in [0.5, 0.6) is 5.75 Å². The molecular weight excluding hydrogens is 231 g/mol. The highest BCUT2D eigenvalue weighted by atomic mass is 35.5. The van der Waals surface area contributed by atoms with Crippen molar-refractivity contribution in [2.75, 3.05) is 7.11 Å². The Morgan fingerprint density at radius 1 is 1.47 bits per heavy atom. The van der Waals surface area contributed by atoms with Crippen LogP contribution in [0.3, 0.4) is 0 Å². The molecular formula is C12H14Cl2O. The Morgan fingerprint density at radius 2 is 2.13 bits per heavy atom. The molecule has 0 aliphatic heterocycles. The van der Waals surface area contributed by atoms with E-state index in [0.717, 1.165) is 11.1 Å². The maximum Gasteiger partial charge on any atom is 0.137 e. The lowest BCUT2D eigenvalue weighted by Crippen LogP contribution is -1.92. The lowest BCUT2D eigenvalue weighted by Gasteiger charge is -2.05. The molecule has 1 rings (SSSR count). The number of hydrogen-bond donors (Lipinski definition) is 0. The molecule has 0 spiro atoms. The molecule has 1 nitrogen and oxygen atoms in total. The van der Waals surface area contributed by atoms with E-state index in [1.165, 1.54) is 0 Å².